The monoisotopic (exact) mass is 1240 g/mol. The van der Waals surface area contributed by atoms with Crippen LogP contribution < -0.4 is 27.0 Å². The molecule has 1 fully saturated rings. The van der Waals surface area contributed by atoms with Gasteiger partial charge >= 0.3 is 18.1 Å². The lowest BCUT2D eigenvalue weighted by Crippen LogP contribution is -2.54. The summed E-state index contributed by atoms with van der Waals surface area (Å²) in [6.07, 6.45) is 3.45. The Hall–Kier alpha value is -8.04. The SMILES string of the molecule is CCC1=C(C)c2cc3nc(cc4[nH]c(c5c6[nH]c(cc1n2)c(C)c6C(=O)N(CCN1CCOCC1)C5=O)[C@@H](CCC(=O)N(C)CCNC(=O)[C@H](CCCNC(N)=O)NC(=O)[C@H](C)NC(=O)OC(C)(C)C)[C@@H]4C)C(C)=C3/C=C/C(=O)OCCOCCOCCO. The highest BCUT2D eigenvalue weighted by molar-refractivity contribution is 6.23. The number of allylic oxidation sites excluding steroid dienone is 5. The highest BCUT2D eigenvalue weighted by atomic mass is 16.6. The van der Waals surface area contributed by atoms with Crippen LogP contribution in [0.2, 0.25) is 0 Å². The van der Waals surface area contributed by atoms with Gasteiger partial charge in [0.2, 0.25) is 17.7 Å². The summed E-state index contributed by atoms with van der Waals surface area (Å²) < 4.78 is 27.0. The van der Waals surface area contributed by atoms with Crippen molar-refractivity contribution in [1.82, 2.24) is 55.9 Å². The number of rotatable bonds is 28. The third kappa shape index (κ3) is 17.9. The van der Waals surface area contributed by atoms with Gasteiger partial charge in [-0.05, 0) is 121 Å². The number of hydrogen-bond acceptors (Lipinski definition) is 17. The molecular weight excluding hydrogens is 1150 g/mol. The number of nitrogens with one attached hydrogen (secondary N) is 6. The molecule has 4 atom stereocenters. The number of aryl methyl sites for hydroxylation is 1. The van der Waals surface area contributed by atoms with Crippen LogP contribution in [0.4, 0.5) is 9.59 Å². The lowest BCUT2D eigenvalue weighted by atomic mass is 9.84. The normalized spacial score (nSPS) is 17.1. The second kappa shape index (κ2) is 31.4. The number of esters is 1. The van der Waals surface area contributed by atoms with Gasteiger partial charge in [0.25, 0.3) is 11.8 Å². The number of aromatic nitrogens is 4. The van der Waals surface area contributed by atoms with Crippen molar-refractivity contribution in [2.75, 3.05) is 106 Å². The maximum Gasteiger partial charge on any atom is 0.408 e. The molecule has 2 aromatic rings. The number of aliphatic hydroxyl groups excluding tert-OH is 1. The molecular formula is C63H88N12O14. The number of morpholine rings is 1. The van der Waals surface area contributed by atoms with Crippen molar-refractivity contribution in [2.24, 2.45) is 5.73 Å². The number of nitrogens with two attached hydrogens (primary N) is 1. The molecule has 26 heteroatoms. The number of carbonyl (C=O) groups excluding carboxylic acids is 8. The van der Waals surface area contributed by atoms with E-state index in [9.17, 15) is 33.6 Å². The minimum Gasteiger partial charge on any atom is -0.460 e. The van der Waals surface area contributed by atoms with Crippen LogP contribution in [-0.4, -0.2) is 211 Å². The first-order chi connectivity index (χ1) is 42.4. The number of urea groups is 1. The van der Waals surface area contributed by atoms with Crippen molar-refractivity contribution < 1.29 is 67.1 Å². The van der Waals surface area contributed by atoms with E-state index < -0.39 is 65.3 Å². The van der Waals surface area contributed by atoms with Crippen molar-refractivity contribution in [3.8, 4) is 0 Å². The maximum atomic E-state index is 15.4. The molecule has 9 N–H and O–H groups in total. The average molecular weight is 1240 g/mol. The fraction of sp³-hybridized carbons (Fsp3) is 0.556. The number of alkyl carbamates (subject to hydrolysis) is 1. The Morgan fingerprint density at radius 2 is 1.55 bits per heavy atom. The molecule has 89 heavy (non-hydrogen) atoms. The summed E-state index contributed by atoms with van der Waals surface area (Å²) in [5.74, 6) is -3.83. The van der Waals surface area contributed by atoms with Crippen molar-refractivity contribution in [3.05, 3.63) is 81.2 Å². The lowest BCUT2D eigenvalue weighted by molar-refractivity contribution is -0.139. The number of amides is 8. The first-order valence-corrected chi connectivity index (χ1v) is 30.5. The summed E-state index contributed by atoms with van der Waals surface area (Å²) in [5, 5.41) is 19.4. The summed E-state index contributed by atoms with van der Waals surface area (Å²) in [6, 6.07) is 2.83. The molecule has 484 valence electrons. The van der Waals surface area contributed by atoms with E-state index in [0.717, 1.165) is 16.7 Å². The first-order valence-electron chi connectivity index (χ1n) is 30.5. The molecule has 0 saturated carbocycles. The number of H-pyrrole nitrogens is 2. The van der Waals surface area contributed by atoms with Crippen molar-refractivity contribution >= 4 is 81.0 Å². The summed E-state index contributed by atoms with van der Waals surface area (Å²) in [6.45, 7) is 20.3. The van der Waals surface area contributed by atoms with Gasteiger partial charge in [-0.1, -0.05) is 13.8 Å². The van der Waals surface area contributed by atoms with Gasteiger partial charge in [-0.25, -0.2) is 24.4 Å². The van der Waals surface area contributed by atoms with Crippen LogP contribution in [0, 0.1) is 6.92 Å². The number of likely N-dealkylation sites (N-methyl/N-ethyl adjacent to an activating group) is 1. The van der Waals surface area contributed by atoms with Crippen molar-refractivity contribution in [2.45, 2.75) is 124 Å². The molecule has 0 aliphatic carbocycles. The topological polar surface area (TPSA) is 344 Å². The van der Waals surface area contributed by atoms with Gasteiger partial charge in [0, 0.05) is 99.7 Å². The summed E-state index contributed by atoms with van der Waals surface area (Å²) in [7, 11) is 1.61. The molecule has 26 nitrogen and oxygen atoms in total. The zero-order chi connectivity index (χ0) is 64.7. The predicted octanol–water partition coefficient (Wildman–Crippen LogP) is 4.76. The van der Waals surface area contributed by atoms with Gasteiger partial charge in [0.05, 0.1) is 85.7 Å². The number of ether oxygens (including phenoxy) is 5. The largest absolute Gasteiger partial charge is 0.460 e. The van der Waals surface area contributed by atoms with Crippen LogP contribution in [0.5, 0.6) is 0 Å². The highest BCUT2D eigenvalue weighted by Crippen LogP contribution is 2.45. The Morgan fingerprint density at radius 1 is 0.865 bits per heavy atom. The molecule has 7 rings (SSSR count). The fourth-order valence-electron chi connectivity index (χ4n) is 11.1. The average Bonchev–Trinajstić information content (AvgIpc) is 1.63. The van der Waals surface area contributed by atoms with Crippen LogP contribution in [0.3, 0.4) is 0 Å². The number of nitrogens with zero attached hydrogens (tertiary/aromatic N) is 5. The van der Waals surface area contributed by atoms with Crippen LogP contribution in [-0.2, 0) is 42.9 Å². The van der Waals surface area contributed by atoms with E-state index in [1.165, 1.54) is 22.8 Å². The number of imide groups is 1. The third-order valence-electron chi connectivity index (χ3n) is 16.1. The van der Waals surface area contributed by atoms with Crippen LogP contribution in [0.15, 0.2) is 30.4 Å². The van der Waals surface area contributed by atoms with Crippen LogP contribution in [0.1, 0.15) is 160 Å². The van der Waals surface area contributed by atoms with Crippen molar-refractivity contribution in [1.29, 1.82) is 0 Å². The zero-order valence-corrected chi connectivity index (χ0v) is 52.9. The number of aromatic amines is 2. The van der Waals surface area contributed by atoms with Crippen LogP contribution >= 0.6 is 0 Å². The number of aliphatic hydroxyl groups is 1. The molecule has 2 aromatic heterocycles. The number of carbonyl (C=O) groups is 8. The molecule has 5 aliphatic rings. The zero-order valence-electron chi connectivity index (χ0n) is 52.9. The molecule has 5 aliphatic heterocycles. The fourth-order valence-corrected chi connectivity index (χ4v) is 11.1. The predicted molar refractivity (Wildman–Crippen MR) is 332 cm³/mol. The molecule has 7 heterocycles. The lowest BCUT2D eigenvalue weighted by Gasteiger charge is -2.31. The minimum absolute atomic E-state index is 0.00237. The van der Waals surface area contributed by atoms with Gasteiger partial charge in [-0.15, -0.1) is 0 Å². The molecule has 0 radical (unpaired) electrons. The van der Waals surface area contributed by atoms with Crippen LogP contribution in [0.25, 0.3) is 33.3 Å². The number of hydrogen-bond donors (Lipinski definition) is 8. The first kappa shape index (κ1) is 68.5. The number of primary amides is 1. The quantitative estimate of drug-likeness (QED) is 0.0246. The van der Waals surface area contributed by atoms with Gasteiger partial charge < -0.3 is 70.7 Å². The van der Waals surface area contributed by atoms with E-state index >= 15 is 4.79 Å². The van der Waals surface area contributed by atoms with E-state index in [1.54, 1.807) is 33.9 Å². The van der Waals surface area contributed by atoms with Gasteiger partial charge in [-0.3, -0.25) is 33.8 Å². The Kier molecular flexibility index (Phi) is 24.2. The van der Waals surface area contributed by atoms with Crippen molar-refractivity contribution in [3.63, 3.8) is 0 Å². The second-order valence-corrected chi connectivity index (χ2v) is 23.5. The van der Waals surface area contributed by atoms with Gasteiger partial charge in [-0.2, -0.15) is 0 Å². The Balaban J connectivity index is 1.21. The molecule has 0 spiro atoms. The Bertz CT molecular complexity index is 3300. The van der Waals surface area contributed by atoms with E-state index in [1.807, 2.05) is 52.8 Å². The summed E-state index contributed by atoms with van der Waals surface area (Å²) in [5.41, 5.74) is 13.6. The molecule has 0 aromatic carbocycles. The third-order valence-corrected chi connectivity index (χ3v) is 16.1. The summed E-state index contributed by atoms with van der Waals surface area (Å²) >= 11 is 0. The maximum absolute atomic E-state index is 15.4. The van der Waals surface area contributed by atoms with E-state index in [-0.39, 0.29) is 102 Å². The molecule has 8 bridgehead atoms. The summed E-state index contributed by atoms with van der Waals surface area (Å²) in [4.78, 5) is 131. The smallest absolute Gasteiger partial charge is 0.408 e. The van der Waals surface area contributed by atoms with E-state index in [4.69, 9.17) is 44.5 Å². The molecule has 1 saturated heterocycles. The molecule has 8 amide bonds. The van der Waals surface area contributed by atoms with E-state index in [0.29, 0.717) is 108 Å². The Morgan fingerprint density at radius 3 is 2.25 bits per heavy atom. The minimum atomic E-state index is -1.09. The molecule has 0 unspecified atom stereocenters. The Labute approximate surface area is 518 Å². The number of fused-ring (bicyclic) bond motifs is 8. The highest BCUT2D eigenvalue weighted by Gasteiger charge is 2.41. The van der Waals surface area contributed by atoms with Gasteiger partial charge in [0.1, 0.15) is 24.3 Å². The standard InChI is InChI=1S/C63H88N12O14/c1-11-41-36(2)46-34-50-42(15-17-52(78)88-32-31-87-30-29-86-28-25-76)37(3)45(69-50)33-47-38(4)43(55(70-47)54-56-53(39(5)48(71-56)35-49(41)68-46)59(81)75(60(54)82)22-21-74-23-26-85-27-24-74)14-16-51(77)73(10)20-19-65-58(80)44(13-12-18-66-61(64)83)72-57(79)40(6)67-62(84)89-63(7,8)9/h15,17,33-35,38,40,43-44,70-71,76H,11-14,16,18-32H2,1-10H3,(H,65,80)(H,67,84)(H,72,79)(H3,64,66,83)/b17-15+,47-33?,49-35?,50-34?,55-54?/t38-,40-,43-,44-/m0/s1. The van der Waals surface area contributed by atoms with E-state index in [2.05, 4.69) is 36.1 Å². The van der Waals surface area contributed by atoms with Gasteiger partial charge in [0.15, 0.2) is 0 Å². The second-order valence-electron chi connectivity index (χ2n) is 23.5.